The van der Waals surface area contributed by atoms with Crippen LogP contribution < -0.4 is 10.6 Å². The summed E-state index contributed by atoms with van der Waals surface area (Å²) in [5.74, 6) is 2.38. The fourth-order valence-electron chi connectivity index (χ4n) is 1.74. The van der Waals surface area contributed by atoms with Crippen LogP contribution in [0.3, 0.4) is 0 Å². The average molecular weight is 295 g/mol. The van der Waals surface area contributed by atoms with Crippen LogP contribution in [0.15, 0.2) is 6.07 Å². The predicted molar refractivity (Wildman–Crippen MR) is 87.8 cm³/mol. The molecule has 0 radical (unpaired) electrons. The minimum absolute atomic E-state index is 0.419. The van der Waals surface area contributed by atoms with Crippen molar-refractivity contribution < 1.29 is 4.74 Å². The lowest BCUT2D eigenvalue weighted by atomic mass is 10.3. The van der Waals surface area contributed by atoms with Crippen molar-refractivity contribution >= 4 is 11.6 Å². The number of anilines is 2. The van der Waals surface area contributed by atoms with Crippen molar-refractivity contribution in [3.63, 3.8) is 0 Å². The van der Waals surface area contributed by atoms with Crippen LogP contribution in [0.1, 0.15) is 33.0 Å². The molecule has 0 unspecified atom stereocenters. The molecule has 1 rings (SSSR count). The summed E-state index contributed by atoms with van der Waals surface area (Å²) in [5, 5.41) is 6.65. The van der Waals surface area contributed by atoms with E-state index >= 15 is 0 Å². The Morgan fingerprint density at radius 2 is 1.81 bits per heavy atom. The van der Waals surface area contributed by atoms with Gasteiger partial charge in [0.15, 0.2) is 5.82 Å². The van der Waals surface area contributed by atoms with Gasteiger partial charge in [-0.05, 0) is 27.3 Å². The van der Waals surface area contributed by atoms with Crippen molar-refractivity contribution in [2.75, 3.05) is 44.4 Å². The van der Waals surface area contributed by atoms with E-state index in [0.717, 1.165) is 37.7 Å². The third-order valence-corrected chi connectivity index (χ3v) is 3.25. The van der Waals surface area contributed by atoms with Crippen LogP contribution in [0.4, 0.5) is 11.6 Å². The van der Waals surface area contributed by atoms with Gasteiger partial charge in [-0.2, -0.15) is 0 Å². The number of aromatic nitrogens is 2. The lowest BCUT2D eigenvalue weighted by molar-refractivity contribution is 0.178. The lowest BCUT2D eigenvalue weighted by Gasteiger charge is -2.21. The maximum atomic E-state index is 5.13. The molecule has 0 bridgehead atoms. The number of nitrogens with zero attached hydrogens (tertiary/aromatic N) is 3. The van der Waals surface area contributed by atoms with Crippen molar-refractivity contribution in [3.05, 3.63) is 11.9 Å². The number of hydrogen-bond donors (Lipinski definition) is 2. The minimum atomic E-state index is 0.419. The van der Waals surface area contributed by atoms with E-state index in [1.807, 2.05) is 6.07 Å². The molecule has 6 heteroatoms. The zero-order chi connectivity index (χ0) is 15.7. The fraction of sp³-hybridized carbons (Fsp3) is 0.733. The Kier molecular flexibility index (Phi) is 8.00. The minimum Gasteiger partial charge on any atom is -0.377 e. The van der Waals surface area contributed by atoms with Gasteiger partial charge < -0.3 is 20.3 Å². The maximum Gasteiger partial charge on any atom is 0.158 e. The monoisotopic (exact) mass is 295 g/mol. The van der Waals surface area contributed by atoms with Gasteiger partial charge in [0.05, 0.1) is 0 Å². The second kappa shape index (κ2) is 9.52. The van der Waals surface area contributed by atoms with Gasteiger partial charge in [0.2, 0.25) is 0 Å². The van der Waals surface area contributed by atoms with Gasteiger partial charge >= 0.3 is 0 Å². The van der Waals surface area contributed by atoms with Crippen LogP contribution in [0.25, 0.3) is 0 Å². The molecule has 1 heterocycles. The van der Waals surface area contributed by atoms with Gasteiger partial charge in [-0.15, -0.1) is 0 Å². The normalized spacial score (nSPS) is 11.2. The molecular weight excluding hydrogens is 266 g/mol. The maximum absolute atomic E-state index is 5.13. The Morgan fingerprint density at radius 1 is 1.19 bits per heavy atom. The standard InChI is InChI=1S/C15H29N5O/c1-6-7-16-13-10-14(19-15(18-13)11-21-5)17-8-9-20(4)12(2)3/h10,12H,6-9,11H2,1-5H3,(H2,16,17,18,19). The average Bonchev–Trinajstić information content (AvgIpc) is 2.45. The van der Waals surface area contributed by atoms with Crippen LogP contribution in [-0.2, 0) is 11.3 Å². The number of ether oxygens (including phenoxy) is 1. The third kappa shape index (κ3) is 6.73. The van der Waals surface area contributed by atoms with Crippen molar-refractivity contribution in [1.29, 1.82) is 0 Å². The topological polar surface area (TPSA) is 62.3 Å². The predicted octanol–water partition coefficient (Wildman–Crippen LogP) is 2.20. The molecule has 1 aromatic rings. The van der Waals surface area contributed by atoms with E-state index in [1.54, 1.807) is 7.11 Å². The number of likely N-dealkylation sites (N-methyl/N-ethyl adjacent to an activating group) is 1. The van der Waals surface area contributed by atoms with Crippen LogP contribution in [0, 0.1) is 0 Å². The van der Waals surface area contributed by atoms with Gasteiger partial charge in [-0.3, -0.25) is 0 Å². The van der Waals surface area contributed by atoms with Gasteiger partial charge in [0.25, 0.3) is 0 Å². The summed E-state index contributed by atoms with van der Waals surface area (Å²) >= 11 is 0. The van der Waals surface area contributed by atoms with Crippen LogP contribution in [0.2, 0.25) is 0 Å². The van der Waals surface area contributed by atoms with Crippen molar-refractivity contribution in [1.82, 2.24) is 14.9 Å². The molecule has 0 aliphatic carbocycles. The molecule has 0 amide bonds. The highest BCUT2D eigenvalue weighted by Gasteiger charge is 2.06. The van der Waals surface area contributed by atoms with Crippen molar-refractivity contribution in [3.8, 4) is 0 Å². The molecule has 6 nitrogen and oxygen atoms in total. The number of rotatable bonds is 10. The Labute approximate surface area is 128 Å². The van der Waals surface area contributed by atoms with E-state index in [4.69, 9.17) is 4.74 Å². The molecule has 0 aromatic carbocycles. The molecule has 0 saturated carbocycles. The fourth-order valence-corrected chi connectivity index (χ4v) is 1.74. The van der Waals surface area contributed by atoms with Gasteiger partial charge in [0, 0.05) is 38.9 Å². The SMILES string of the molecule is CCCNc1cc(NCCN(C)C(C)C)nc(COC)n1. The smallest absolute Gasteiger partial charge is 0.158 e. The quantitative estimate of drug-likeness (QED) is 0.690. The Bertz CT molecular complexity index is 411. The summed E-state index contributed by atoms with van der Waals surface area (Å²) in [5.41, 5.74) is 0. The van der Waals surface area contributed by atoms with Gasteiger partial charge in [-0.1, -0.05) is 6.92 Å². The van der Waals surface area contributed by atoms with Crippen LogP contribution in [-0.4, -0.2) is 54.7 Å². The highest BCUT2D eigenvalue weighted by atomic mass is 16.5. The third-order valence-electron chi connectivity index (χ3n) is 3.25. The summed E-state index contributed by atoms with van der Waals surface area (Å²) in [4.78, 5) is 11.2. The first-order chi connectivity index (χ1) is 10.1. The summed E-state index contributed by atoms with van der Waals surface area (Å²) in [7, 11) is 3.77. The first-order valence-electron chi connectivity index (χ1n) is 7.61. The molecule has 0 saturated heterocycles. The second-order valence-corrected chi connectivity index (χ2v) is 5.42. The summed E-state index contributed by atoms with van der Waals surface area (Å²) < 4.78 is 5.13. The van der Waals surface area contributed by atoms with E-state index in [-0.39, 0.29) is 0 Å². The molecular formula is C15H29N5O. The summed E-state index contributed by atoms with van der Waals surface area (Å²) in [6.07, 6.45) is 1.06. The number of hydrogen-bond acceptors (Lipinski definition) is 6. The highest BCUT2D eigenvalue weighted by Crippen LogP contribution is 2.12. The molecule has 0 fully saturated rings. The summed E-state index contributed by atoms with van der Waals surface area (Å²) in [6, 6.07) is 2.49. The van der Waals surface area contributed by atoms with Crippen molar-refractivity contribution in [2.45, 2.75) is 39.8 Å². The molecule has 120 valence electrons. The Hall–Kier alpha value is -1.40. The zero-order valence-corrected chi connectivity index (χ0v) is 13.9. The first kappa shape index (κ1) is 17.7. The van der Waals surface area contributed by atoms with Crippen LogP contribution >= 0.6 is 0 Å². The Balaban J connectivity index is 2.64. The zero-order valence-electron chi connectivity index (χ0n) is 13.9. The van der Waals surface area contributed by atoms with E-state index in [9.17, 15) is 0 Å². The molecule has 0 aliphatic heterocycles. The van der Waals surface area contributed by atoms with E-state index < -0.39 is 0 Å². The molecule has 0 aliphatic rings. The van der Waals surface area contributed by atoms with E-state index in [0.29, 0.717) is 18.5 Å². The van der Waals surface area contributed by atoms with E-state index in [1.165, 1.54) is 0 Å². The Morgan fingerprint density at radius 3 is 2.33 bits per heavy atom. The second-order valence-electron chi connectivity index (χ2n) is 5.42. The lowest BCUT2D eigenvalue weighted by Crippen LogP contribution is -2.31. The van der Waals surface area contributed by atoms with Gasteiger partial charge in [-0.25, -0.2) is 9.97 Å². The van der Waals surface area contributed by atoms with Crippen molar-refractivity contribution in [2.24, 2.45) is 0 Å². The number of methoxy groups -OCH3 is 1. The molecule has 2 N–H and O–H groups in total. The largest absolute Gasteiger partial charge is 0.377 e. The molecule has 0 spiro atoms. The van der Waals surface area contributed by atoms with Crippen LogP contribution in [0.5, 0.6) is 0 Å². The molecule has 0 atom stereocenters. The first-order valence-corrected chi connectivity index (χ1v) is 7.61. The van der Waals surface area contributed by atoms with E-state index in [2.05, 4.69) is 53.3 Å². The summed E-state index contributed by atoms with van der Waals surface area (Å²) in [6.45, 7) is 9.65. The number of nitrogens with one attached hydrogen (secondary N) is 2. The molecule has 1 aromatic heterocycles. The highest BCUT2D eigenvalue weighted by molar-refractivity contribution is 5.47. The van der Waals surface area contributed by atoms with Gasteiger partial charge in [0.1, 0.15) is 18.2 Å². The molecule has 21 heavy (non-hydrogen) atoms.